The normalized spacial score (nSPS) is 15.0. The van der Waals surface area contributed by atoms with Crippen molar-refractivity contribution in [1.82, 2.24) is 9.55 Å². The van der Waals surface area contributed by atoms with Crippen molar-refractivity contribution < 1.29 is 4.79 Å². The summed E-state index contributed by atoms with van der Waals surface area (Å²) in [5, 5.41) is 3.15. The largest absolute Gasteiger partial charge is 0.327 e. The Kier molecular flexibility index (Phi) is 7.93. The number of carbonyl (C=O) groups is 1. The number of alkyl halides is 1. The van der Waals surface area contributed by atoms with Gasteiger partial charge in [-0.25, -0.2) is 4.98 Å². The van der Waals surface area contributed by atoms with Crippen molar-refractivity contribution in [2.75, 3.05) is 22.0 Å². The number of fused-ring (bicyclic) bond motifs is 1. The topological polar surface area (TPSA) is 50.2 Å². The number of benzene rings is 2. The van der Waals surface area contributed by atoms with E-state index in [1.54, 1.807) is 11.9 Å². The number of hydrogen-bond donors (Lipinski definition) is 1. The van der Waals surface area contributed by atoms with Crippen LogP contribution in [0.1, 0.15) is 58.7 Å². The molecule has 1 saturated carbocycles. The Labute approximate surface area is 216 Å². The number of hydrogen-bond acceptors (Lipinski definition) is 4. The highest BCUT2D eigenvalue weighted by Gasteiger charge is 2.25. The molecule has 3 aromatic rings. The molecule has 1 aliphatic rings. The molecule has 0 spiro atoms. The number of anilines is 2. The van der Waals surface area contributed by atoms with Gasteiger partial charge in [0, 0.05) is 35.3 Å². The van der Waals surface area contributed by atoms with E-state index in [1.165, 1.54) is 43.4 Å². The van der Waals surface area contributed by atoms with E-state index in [0.29, 0.717) is 5.33 Å². The molecule has 0 saturated heterocycles. The molecule has 1 aliphatic carbocycles. The average molecular weight is 544 g/mol. The van der Waals surface area contributed by atoms with Crippen LogP contribution in [0.2, 0.25) is 0 Å². The number of rotatable bonds is 7. The van der Waals surface area contributed by atoms with E-state index in [-0.39, 0.29) is 11.3 Å². The summed E-state index contributed by atoms with van der Waals surface area (Å²) in [4.78, 5) is 17.8. The van der Waals surface area contributed by atoms with Gasteiger partial charge in [-0.15, -0.1) is 0 Å². The molecule has 0 unspecified atom stereocenters. The second-order valence-corrected chi connectivity index (χ2v) is 12.0. The molecule has 7 heteroatoms. The van der Waals surface area contributed by atoms with Crippen molar-refractivity contribution in [3.63, 3.8) is 0 Å². The summed E-state index contributed by atoms with van der Waals surface area (Å²) in [7, 11) is 2.08. The van der Waals surface area contributed by atoms with Crippen LogP contribution in [0.3, 0.4) is 0 Å². The molecule has 1 aromatic heterocycles. The molecular weight excluding hydrogens is 508 g/mol. The number of carbonyl (C=O) groups excluding carboxylic acids is 1. The Morgan fingerprint density at radius 1 is 1.15 bits per heavy atom. The van der Waals surface area contributed by atoms with Crippen molar-refractivity contribution in [2.45, 2.75) is 69.7 Å². The van der Waals surface area contributed by atoms with Crippen molar-refractivity contribution in [1.29, 1.82) is 0 Å². The molecule has 5 nitrogen and oxygen atoms in total. The number of imidazole rings is 1. The zero-order valence-corrected chi connectivity index (χ0v) is 23.0. The fourth-order valence-corrected chi connectivity index (χ4v) is 5.64. The lowest BCUT2D eigenvalue weighted by Crippen LogP contribution is -2.22. The minimum atomic E-state index is -0.0524. The molecule has 0 aliphatic heterocycles. The van der Waals surface area contributed by atoms with Gasteiger partial charge in [0.25, 0.3) is 0 Å². The van der Waals surface area contributed by atoms with Crippen LogP contribution < -0.4 is 9.62 Å². The maximum Gasteiger partial charge on any atom is 0.235 e. The molecule has 0 bridgehead atoms. The van der Waals surface area contributed by atoms with Gasteiger partial charge in [-0.2, -0.15) is 0 Å². The molecular formula is C27H35BrN4OS. The minimum Gasteiger partial charge on any atom is -0.327 e. The van der Waals surface area contributed by atoms with Gasteiger partial charge in [-0.05, 0) is 73.2 Å². The second-order valence-electron chi connectivity index (χ2n) is 10.3. The van der Waals surface area contributed by atoms with Gasteiger partial charge < -0.3 is 14.2 Å². The lowest BCUT2D eigenvalue weighted by atomic mass is 9.88. The predicted octanol–water partition coefficient (Wildman–Crippen LogP) is 7.39. The summed E-state index contributed by atoms with van der Waals surface area (Å²) in [6, 6.07) is 14.6. The summed E-state index contributed by atoms with van der Waals surface area (Å²) in [6.45, 7) is 7.86. The zero-order chi connectivity index (χ0) is 24.3. The van der Waals surface area contributed by atoms with E-state index >= 15 is 0 Å². The summed E-state index contributed by atoms with van der Waals surface area (Å²) in [6.07, 6.45) is 6.77. The standard InChI is InChI=1S/C27H35BrN4OS/c1-27(2,3)26-30-23-16-21(12-15-24(23)32(26)18-19-8-6-5-7-9-19)31(4)34-22-13-10-20(11-14-22)29-25(33)17-28/h10-16,19H,5-9,17-18H2,1-4H3,(H,29,33). The van der Waals surface area contributed by atoms with Crippen LogP contribution in [0.4, 0.5) is 11.4 Å². The summed E-state index contributed by atoms with van der Waals surface area (Å²) in [5.74, 6) is 1.89. The highest BCUT2D eigenvalue weighted by molar-refractivity contribution is 9.09. The van der Waals surface area contributed by atoms with Gasteiger partial charge in [0.2, 0.25) is 5.91 Å². The predicted molar refractivity (Wildman–Crippen MR) is 148 cm³/mol. The number of nitrogens with zero attached hydrogens (tertiary/aromatic N) is 3. The van der Waals surface area contributed by atoms with E-state index in [2.05, 4.69) is 76.1 Å². The summed E-state index contributed by atoms with van der Waals surface area (Å²) >= 11 is 4.83. The van der Waals surface area contributed by atoms with Gasteiger partial charge in [-0.1, -0.05) is 56.0 Å². The minimum absolute atomic E-state index is 0.000485. The fourth-order valence-electron chi connectivity index (χ4n) is 4.70. The quantitative estimate of drug-likeness (QED) is 0.249. The first-order chi connectivity index (χ1) is 16.2. The molecule has 1 heterocycles. The Hall–Kier alpha value is -1.99. The Balaban J connectivity index is 1.54. The Bertz CT molecular complexity index is 1130. The first-order valence-corrected chi connectivity index (χ1v) is 14.0. The fraction of sp³-hybridized carbons (Fsp3) is 0.481. The van der Waals surface area contributed by atoms with Gasteiger partial charge in [0.05, 0.1) is 16.4 Å². The second kappa shape index (κ2) is 10.7. The number of amides is 1. The van der Waals surface area contributed by atoms with Crippen LogP contribution in [-0.4, -0.2) is 27.8 Å². The van der Waals surface area contributed by atoms with Gasteiger partial charge in [-0.3, -0.25) is 4.79 Å². The van der Waals surface area contributed by atoms with E-state index in [4.69, 9.17) is 4.98 Å². The first-order valence-electron chi connectivity index (χ1n) is 12.1. The van der Waals surface area contributed by atoms with E-state index in [1.807, 2.05) is 24.3 Å². The highest BCUT2D eigenvalue weighted by atomic mass is 79.9. The monoisotopic (exact) mass is 542 g/mol. The van der Waals surface area contributed by atoms with Crippen molar-refractivity contribution in [3.05, 3.63) is 48.3 Å². The molecule has 2 aromatic carbocycles. The number of aromatic nitrogens is 2. The van der Waals surface area contributed by atoms with Gasteiger partial charge in [0.1, 0.15) is 5.82 Å². The molecule has 1 N–H and O–H groups in total. The molecule has 0 atom stereocenters. The third-order valence-electron chi connectivity index (χ3n) is 6.43. The molecule has 0 radical (unpaired) electrons. The SMILES string of the molecule is CN(Sc1ccc(NC(=O)CBr)cc1)c1ccc2c(c1)nc(C(C)(C)C)n2CC1CCCCC1. The van der Waals surface area contributed by atoms with Crippen molar-refractivity contribution >= 4 is 56.2 Å². The molecule has 1 amide bonds. The molecule has 34 heavy (non-hydrogen) atoms. The van der Waals surface area contributed by atoms with Crippen molar-refractivity contribution in [3.8, 4) is 0 Å². The lowest BCUT2D eigenvalue weighted by molar-refractivity contribution is -0.113. The van der Waals surface area contributed by atoms with Crippen LogP contribution in [-0.2, 0) is 16.8 Å². The van der Waals surface area contributed by atoms with E-state index < -0.39 is 0 Å². The maximum absolute atomic E-state index is 11.6. The number of halogens is 1. The van der Waals surface area contributed by atoms with Gasteiger partial charge in [0.15, 0.2) is 0 Å². The molecule has 4 rings (SSSR count). The Morgan fingerprint density at radius 3 is 2.50 bits per heavy atom. The van der Waals surface area contributed by atoms with Crippen LogP contribution in [0.25, 0.3) is 11.0 Å². The van der Waals surface area contributed by atoms with E-state index in [0.717, 1.165) is 34.2 Å². The molecule has 182 valence electrons. The zero-order valence-electron chi connectivity index (χ0n) is 20.6. The summed E-state index contributed by atoms with van der Waals surface area (Å²) in [5.41, 5.74) is 4.23. The average Bonchev–Trinajstić information content (AvgIpc) is 3.19. The first kappa shape index (κ1) is 25.1. The van der Waals surface area contributed by atoms with Gasteiger partial charge >= 0.3 is 0 Å². The van der Waals surface area contributed by atoms with Crippen LogP contribution >= 0.6 is 27.9 Å². The van der Waals surface area contributed by atoms with E-state index in [9.17, 15) is 4.79 Å². The Morgan fingerprint density at radius 2 is 1.85 bits per heavy atom. The third kappa shape index (κ3) is 5.98. The van der Waals surface area contributed by atoms with Crippen molar-refractivity contribution in [2.24, 2.45) is 5.92 Å². The highest BCUT2D eigenvalue weighted by Crippen LogP contribution is 2.34. The summed E-state index contributed by atoms with van der Waals surface area (Å²) < 4.78 is 4.66. The van der Waals surface area contributed by atoms with Crippen LogP contribution in [0.15, 0.2) is 47.4 Å². The third-order valence-corrected chi connectivity index (χ3v) is 7.91. The van der Waals surface area contributed by atoms with Crippen LogP contribution in [0, 0.1) is 5.92 Å². The van der Waals surface area contributed by atoms with Crippen LogP contribution in [0.5, 0.6) is 0 Å². The maximum atomic E-state index is 11.6. The number of nitrogens with one attached hydrogen (secondary N) is 1. The lowest BCUT2D eigenvalue weighted by Gasteiger charge is -2.26. The molecule has 1 fully saturated rings. The smallest absolute Gasteiger partial charge is 0.235 e.